The predicted molar refractivity (Wildman–Crippen MR) is 58.3 cm³/mol. The van der Waals surface area contributed by atoms with Gasteiger partial charge in [0.05, 0.1) is 7.11 Å². The van der Waals surface area contributed by atoms with Gasteiger partial charge in [0, 0.05) is 0 Å². The molecule has 0 heterocycles. The molecule has 2 aromatic carbocycles. The molecule has 0 aromatic heterocycles. The second-order valence-electron chi connectivity index (χ2n) is 3.02. The van der Waals surface area contributed by atoms with Gasteiger partial charge >= 0.3 is 0 Å². The van der Waals surface area contributed by atoms with E-state index in [0.29, 0.717) is 0 Å². The van der Waals surface area contributed by atoms with Crippen LogP contribution in [-0.4, -0.2) is 7.11 Å². The molecular formula is C13H11O2. The molecule has 0 aliphatic carbocycles. The van der Waals surface area contributed by atoms with Crippen LogP contribution >= 0.6 is 0 Å². The van der Waals surface area contributed by atoms with Crippen LogP contribution in [-0.2, 0) is 0 Å². The van der Waals surface area contributed by atoms with Gasteiger partial charge in [0.25, 0.3) is 0 Å². The van der Waals surface area contributed by atoms with E-state index < -0.39 is 0 Å². The largest absolute Gasteiger partial charge is 0.497 e. The molecule has 0 spiro atoms. The van der Waals surface area contributed by atoms with Crippen LogP contribution < -0.4 is 9.47 Å². The van der Waals surface area contributed by atoms with E-state index in [0.717, 1.165) is 17.2 Å². The molecule has 1 radical (unpaired) electrons. The molecule has 0 bridgehead atoms. The molecule has 0 saturated carbocycles. The molecule has 2 heteroatoms. The van der Waals surface area contributed by atoms with Crippen molar-refractivity contribution in [2.45, 2.75) is 0 Å². The zero-order chi connectivity index (χ0) is 10.5. The molecule has 0 aliphatic rings. The fourth-order valence-electron chi connectivity index (χ4n) is 1.22. The molecule has 0 N–H and O–H groups in total. The number of methoxy groups -OCH3 is 1. The first-order valence-corrected chi connectivity index (χ1v) is 4.66. The van der Waals surface area contributed by atoms with Crippen LogP contribution in [0.15, 0.2) is 48.5 Å². The van der Waals surface area contributed by atoms with E-state index in [1.807, 2.05) is 42.5 Å². The van der Waals surface area contributed by atoms with Gasteiger partial charge in [0.2, 0.25) is 0 Å². The van der Waals surface area contributed by atoms with Gasteiger partial charge in [-0.25, -0.2) is 0 Å². The first kappa shape index (κ1) is 9.59. The van der Waals surface area contributed by atoms with E-state index >= 15 is 0 Å². The third-order valence-electron chi connectivity index (χ3n) is 1.97. The number of ether oxygens (including phenoxy) is 2. The van der Waals surface area contributed by atoms with Crippen LogP contribution in [0.1, 0.15) is 0 Å². The Balaban J connectivity index is 2.11. The molecule has 75 valence electrons. The van der Waals surface area contributed by atoms with Gasteiger partial charge in [-0.1, -0.05) is 12.1 Å². The number of hydrogen-bond acceptors (Lipinski definition) is 2. The maximum absolute atomic E-state index is 5.59. The lowest BCUT2D eigenvalue weighted by Crippen LogP contribution is -1.85. The van der Waals surface area contributed by atoms with Crippen LogP contribution in [0.4, 0.5) is 0 Å². The molecule has 0 amide bonds. The summed E-state index contributed by atoms with van der Waals surface area (Å²) in [7, 11) is 1.64. The zero-order valence-corrected chi connectivity index (χ0v) is 8.44. The van der Waals surface area contributed by atoms with Gasteiger partial charge < -0.3 is 9.47 Å². The van der Waals surface area contributed by atoms with E-state index in [1.165, 1.54) is 0 Å². The third kappa shape index (κ3) is 2.50. The van der Waals surface area contributed by atoms with Crippen molar-refractivity contribution >= 4 is 0 Å². The van der Waals surface area contributed by atoms with Crippen molar-refractivity contribution < 1.29 is 9.47 Å². The summed E-state index contributed by atoms with van der Waals surface area (Å²) < 4.78 is 10.6. The monoisotopic (exact) mass is 199 g/mol. The summed E-state index contributed by atoms with van der Waals surface area (Å²) in [6.45, 7) is 0. The minimum atomic E-state index is 0.780. The topological polar surface area (TPSA) is 18.5 Å². The van der Waals surface area contributed by atoms with Gasteiger partial charge in [-0.15, -0.1) is 0 Å². The van der Waals surface area contributed by atoms with Crippen molar-refractivity contribution in [1.82, 2.24) is 0 Å². The Labute approximate surface area is 89.1 Å². The Morgan fingerprint density at radius 2 is 1.67 bits per heavy atom. The number of hydrogen-bond donors (Lipinski definition) is 0. The minimum absolute atomic E-state index is 0.780. The lowest BCUT2D eigenvalue weighted by molar-refractivity contribution is 0.413. The highest BCUT2D eigenvalue weighted by atomic mass is 16.5. The highest BCUT2D eigenvalue weighted by molar-refractivity contribution is 5.34. The number of benzene rings is 2. The molecule has 0 fully saturated rings. The molecule has 0 saturated heterocycles. The van der Waals surface area contributed by atoms with Gasteiger partial charge in [-0.3, -0.25) is 0 Å². The molecule has 2 nitrogen and oxygen atoms in total. The van der Waals surface area contributed by atoms with Gasteiger partial charge in [0.15, 0.2) is 0 Å². The fraction of sp³-hybridized carbons (Fsp3) is 0.0769. The van der Waals surface area contributed by atoms with E-state index in [1.54, 1.807) is 13.2 Å². The van der Waals surface area contributed by atoms with Crippen LogP contribution in [0.25, 0.3) is 0 Å². The summed E-state index contributed by atoms with van der Waals surface area (Å²) in [4.78, 5) is 0. The van der Waals surface area contributed by atoms with E-state index in [2.05, 4.69) is 6.07 Å². The average Bonchev–Trinajstić information content (AvgIpc) is 2.31. The Hall–Kier alpha value is -1.96. The van der Waals surface area contributed by atoms with Crippen molar-refractivity contribution in [1.29, 1.82) is 0 Å². The van der Waals surface area contributed by atoms with Gasteiger partial charge in [-0.2, -0.15) is 0 Å². The summed E-state index contributed by atoms with van der Waals surface area (Å²) in [6.07, 6.45) is 0. The summed E-state index contributed by atoms with van der Waals surface area (Å²) >= 11 is 0. The normalized spacial score (nSPS) is 9.67. The SMILES string of the molecule is COc1ccc(Oc2c[c]ccc2)cc1. The molecule has 15 heavy (non-hydrogen) atoms. The average molecular weight is 199 g/mol. The molecule has 2 aromatic rings. The zero-order valence-electron chi connectivity index (χ0n) is 8.44. The summed E-state index contributed by atoms with van der Waals surface area (Å²) in [6, 6.07) is 17.8. The quantitative estimate of drug-likeness (QED) is 0.755. The highest BCUT2D eigenvalue weighted by Crippen LogP contribution is 2.22. The summed E-state index contributed by atoms with van der Waals surface area (Å²) in [5, 5.41) is 0. The highest BCUT2D eigenvalue weighted by Gasteiger charge is 1.96. The van der Waals surface area contributed by atoms with Crippen LogP contribution in [0.2, 0.25) is 0 Å². The lowest BCUT2D eigenvalue weighted by Gasteiger charge is -2.05. The standard InChI is InChI=1S/C13H11O2/c1-14-11-7-9-13(10-8-11)15-12-5-3-2-4-6-12/h2-3,5-10H,1H3. The second kappa shape index (κ2) is 4.51. The maximum atomic E-state index is 5.59. The molecule has 0 atom stereocenters. The van der Waals surface area contributed by atoms with E-state index in [4.69, 9.17) is 9.47 Å². The van der Waals surface area contributed by atoms with Gasteiger partial charge in [0.1, 0.15) is 17.2 Å². The number of rotatable bonds is 3. The predicted octanol–water partition coefficient (Wildman–Crippen LogP) is 3.29. The second-order valence-corrected chi connectivity index (χ2v) is 3.02. The molecular weight excluding hydrogens is 188 g/mol. The fourth-order valence-corrected chi connectivity index (χ4v) is 1.22. The van der Waals surface area contributed by atoms with Gasteiger partial charge in [-0.05, 0) is 42.5 Å². The molecule has 0 aliphatic heterocycles. The van der Waals surface area contributed by atoms with Crippen molar-refractivity contribution in [3.05, 3.63) is 54.6 Å². The third-order valence-corrected chi connectivity index (χ3v) is 1.97. The van der Waals surface area contributed by atoms with E-state index in [9.17, 15) is 0 Å². The summed E-state index contributed by atoms with van der Waals surface area (Å²) in [5.74, 6) is 2.39. The van der Waals surface area contributed by atoms with Crippen molar-refractivity contribution in [2.24, 2.45) is 0 Å². The Morgan fingerprint density at radius 3 is 2.27 bits per heavy atom. The Bertz CT molecular complexity index is 406. The maximum Gasteiger partial charge on any atom is 0.128 e. The molecule has 0 unspecified atom stereocenters. The lowest BCUT2D eigenvalue weighted by atomic mass is 10.3. The first-order valence-electron chi connectivity index (χ1n) is 4.66. The van der Waals surface area contributed by atoms with Crippen molar-refractivity contribution in [2.75, 3.05) is 7.11 Å². The van der Waals surface area contributed by atoms with Crippen LogP contribution in [0.5, 0.6) is 17.2 Å². The Morgan fingerprint density at radius 1 is 0.933 bits per heavy atom. The van der Waals surface area contributed by atoms with Crippen molar-refractivity contribution in [3.8, 4) is 17.2 Å². The smallest absolute Gasteiger partial charge is 0.128 e. The van der Waals surface area contributed by atoms with Crippen LogP contribution in [0, 0.1) is 6.07 Å². The first-order chi connectivity index (χ1) is 7.38. The van der Waals surface area contributed by atoms with E-state index in [-0.39, 0.29) is 0 Å². The van der Waals surface area contributed by atoms with Crippen molar-refractivity contribution in [3.63, 3.8) is 0 Å². The summed E-state index contributed by atoms with van der Waals surface area (Å²) in [5.41, 5.74) is 0. The Kier molecular flexibility index (Phi) is 2.88. The van der Waals surface area contributed by atoms with Crippen LogP contribution in [0.3, 0.4) is 0 Å². The molecule has 2 rings (SSSR count). The minimum Gasteiger partial charge on any atom is -0.497 e.